The molecular formula is C17H22N4O2. The Morgan fingerprint density at radius 1 is 1.30 bits per heavy atom. The third-order valence-electron chi connectivity index (χ3n) is 4.04. The molecule has 1 aliphatic heterocycles. The Hall–Kier alpha value is -2.18. The van der Waals surface area contributed by atoms with Crippen LogP contribution in [-0.4, -0.2) is 59.8 Å². The Bertz CT molecular complexity index is 662. The molecule has 23 heavy (non-hydrogen) atoms. The first kappa shape index (κ1) is 15.7. The molecule has 0 aliphatic carbocycles. The molecule has 0 radical (unpaired) electrons. The van der Waals surface area contributed by atoms with Crippen LogP contribution in [-0.2, 0) is 4.74 Å². The van der Waals surface area contributed by atoms with Crippen molar-refractivity contribution in [2.75, 3.05) is 39.4 Å². The number of pyridine rings is 1. The van der Waals surface area contributed by atoms with Crippen LogP contribution in [0.15, 0.2) is 36.7 Å². The molecule has 3 rings (SSSR count). The SMILES string of the molecule is Cc1ncccc1-n1cccc1C(=O)NCCN1CCOCC1. The van der Waals surface area contributed by atoms with Gasteiger partial charge in [-0.1, -0.05) is 0 Å². The maximum Gasteiger partial charge on any atom is 0.268 e. The van der Waals surface area contributed by atoms with Crippen molar-refractivity contribution in [1.82, 2.24) is 19.8 Å². The van der Waals surface area contributed by atoms with Crippen molar-refractivity contribution >= 4 is 5.91 Å². The highest BCUT2D eigenvalue weighted by Crippen LogP contribution is 2.15. The Morgan fingerprint density at radius 3 is 2.91 bits per heavy atom. The molecule has 0 bridgehead atoms. The highest BCUT2D eigenvalue weighted by molar-refractivity contribution is 5.93. The van der Waals surface area contributed by atoms with E-state index in [0.29, 0.717) is 12.2 Å². The van der Waals surface area contributed by atoms with Crippen LogP contribution in [0, 0.1) is 6.92 Å². The number of amides is 1. The third kappa shape index (κ3) is 3.78. The van der Waals surface area contributed by atoms with Gasteiger partial charge >= 0.3 is 0 Å². The van der Waals surface area contributed by atoms with Gasteiger partial charge in [0.05, 0.1) is 24.6 Å². The molecule has 0 atom stereocenters. The predicted molar refractivity (Wildman–Crippen MR) is 87.9 cm³/mol. The molecule has 6 heteroatoms. The summed E-state index contributed by atoms with van der Waals surface area (Å²) in [5.41, 5.74) is 2.45. The quantitative estimate of drug-likeness (QED) is 0.902. The van der Waals surface area contributed by atoms with Gasteiger partial charge in [0.15, 0.2) is 0 Å². The van der Waals surface area contributed by atoms with Crippen LogP contribution in [0.1, 0.15) is 16.2 Å². The van der Waals surface area contributed by atoms with Crippen LogP contribution in [0.4, 0.5) is 0 Å². The molecule has 122 valence electrons. The van der Waals surface area contributed by atoms with E-state index < -0.39 is 0 Å². The summed E-state index contributed by atoms with van der Waals surface area (Å²) >= 11 is 0. The first-order valence-electron chi connectivity index (χ1n) is 7.93. The van der Waals surface area contributed by atoms with Gasteiger partial charge < -0.3 is 14.6 Å². The zero-order valence-corrected chi connectivity index (χ0v) is 13.4. The van der Waals surface area contributed by atoms with Crippen molar-refractivity contribution in [2.45, 2.75) is 6.92 Å². The highest BCUT2D eigenvalue weighted by atomic mass is 16.5. The van der Waals surface area contributed by atoms with E-state index in [2.05, 4.69) is 15.2 Å². The van der Waals surface area contributed by atoms with E-state index in [1.807, 2.05) is 42.0 Å². The molecule has 6 nitrogen and oxygen atoms in total. The minimum Gasteiger partial charge on any atom is -0.379 e. The molecule has 1 fully saturated rings. The van der Waals surface area contributed by atoms with Crippen LogP contribution in [0.5, 0.6) is 0 Å². The van der Waals surface area contributed by atoms with Crippen molar-refractivity contribution in [2.24, 2.45) is 0 Å². The lowest BCUT2D eigenvalue weighted by molar-refractivity contribution is 0.0383. The Balaban J connectivity index is 1.62. The van der Waals surface area contributed by atoms with Gasteiger partial charge in [-0.3, -0.25) is 14.7 Å². The fourth-order valence-electron chi connectivity index (χ4n) is 2.75. The second-order valence-corrected chi connectivity index (χ2v) is 5.58. The van der Waals surface area contributed by atoms with E-state index >= 15 is 0 Å². The first-order chi connectivity index (χ1) is 11.3. The largest absolute Gasteiger partial charge is 0.379 e. The van der Waals surface area contributed by atoms with Gasteiger partial charge in [-0.25, -0.2) is 0 Å². The molecule has 0 aromatic carbocycles. The minimum atomic E-state index is -0.0634. The molecular weight excluding hydrogens is 292 g/mol. The Morgan fingerprint density at radius 2 is 2.13 bits per heavy atom. The molecule has 0 spiro atoms. The van der Waals surface area contributed by atoms with Crippen LogP contribution < -0.4 is 5.32 Å². The van der Waals surface area contributed by atoms with Gasteiger partial charge in [-0.2, -0.15) is 0 Å². The zero-order valence-electron chi connectivity index (χ0n) is 13.4. The number of aromatic nitrogens is 2. The summed E-state index contributed by atoms with van der Waals surface area (Å²) in [6.45, 7) is 6.84. The fraction of sp³-hybridized carbons (Fsp3) is 0.412. The summed E-state index contributed by atoms with van der Waals surface area (Å²) in [7, 11) is 0. The summed E-state index contributed by atoms with van der Waals surface area (Å²) in [6, 6.07) is 7.55. The lowest BCUT2D eigenvalue weighted by atomic mass is 10.3. The van der Waals surface area contributed by atoms with E-state index in [0.717, 1.165) is 44.2 Å². The molecule has 0 unspecified atom stereocenters. The first-order valence-corrected chi connectivity index (χ1v) is 7.93. The molecule has 1 aliphatic rings. The molecule has 3 heterocycles. The standard InChI is InChI=1S/C17H22N4O2/c1-14-15(4-2-6-18-14)21-8-3-5-16(21)17(22)19-7-9-20-10-12-23-13-11-20/h2-6,8H,7,9-13H2,1H3,(H,19,22). The highest BCUT2D eigenvalue weighted by Gasteiger charge is 2.14. The fourth-order valence-corrected chi connectivity index (χ4v) is 2.75. The van der Waals surface area contributed by atoms with Gasteiger partial charge in [0.2, 0.25) is 0 Å². The van der Waals surface area contributed by atoms with Gasteiger partial charge in [0, 0.05) is 38.6 Å². The van der Waals surface area contributed by atoms with Crippen LogP contribution >= 0.6 is 0 Å². The van der Waals surface area contributed by atoms with E-state index in [1.165, 1.54) is 0 Å². The lowest BCUT2D eigenvalue weighted by Crippen LogP contribution is -2.41. The number of aryl methyl sites for hydroxylation is 1. The van der Waals surface area contributed by atoms with Crippen molar-refractivity contribution in [3.05, 3.63) is 48.0 Å². The number of ether oxygens (including phenoxy) is 1. The maximum atomic E-state index is 12.5. The number of nitrogens with one attached hydrogen (secondary N) is 1. The van der Waals surface area contributed by atoms with E-state index in [9.17, 15) is 4.79 Å². The topological polar surface area (TPSA) is 59.4 Å². The third-order valence-corrected chi connectivity index (χ3v) is 4.04. The molecule has 1 N–H and O–H groups in total. The monoisotopic (exact) mass is 314 g/mol. The average molecular weight is 314 g/mol. The van der Waals surface area contributed by atoms with Gasteiger partial charge in [0.1, 0.15) is 5.69 Å². The Labute approximate surface area is 136 Å². The second-order valence-electron chi connectivity index (χ2n) is 5.58. The number of rotatable bonds is 5. The van der Waals surface area contributed by atoms with E-state index in [1.54, 1.807) is 6.20 Å². The van der Waals surface area contributed by atoms with Crippen molar-refractivity contribution in [3.63, 3.8) is 0 Å². The van der Waals surface area contributed by atoms with E-state index in [-0.39, 0.29) is 5.91 Å². The number of hydrogen-bond donors (Lipinski definition) is 1. The van der Waals surface area contributed by atoms with Gasteiger partial charge in [-0.05, 0) is 31.2 Å². The summed E-state index contributed by atoms with van der Waals surface area (Å²) < 4.78 is 7.21. The molecule has 2 aromatic rings. The van der Waals surface area contributed by atoms with Gasteiger partial charge in [0.25, 0.3) is 5.91 Å². The number of morpholine rings is 1. The van der Waals surface area contributed by atoms with Crippen molar-refractivity contribution < 1.29 is 9.53 Å². The summed E-state index contributed by atoms with van der Waals surface area (Å²) in [6.07, 6.45) is 3.64. The minimum absolute atomic E-state index is 0.0634. The van der Waals surface area contributed by atoms with Crippen LogP contribution in [0.25, 0.3) is 5.69 Å². The maximum absolute atomic E-state index is 12.5. The van der Waals surface area contributed by atoms with Crippen LogP contribution in [0.3, 0.4) is 0 Å². The van der Waals surface area contributed by atoms with Crippen molar-refractivity contribution in [1.29, 1.82) is 0 Å². The molecule has 1 amide bonds. The zero-order chi connectivity index (χ0) is 16.1. The predicted octanol–water partition coefficient (Wildman–Crippen LogP) is 1.24. The van der Waals surface area contributed by atoms with Crippen LogP contribution in [0.2, 0.25) is 0 Å². The van der Waals surface area contributed by atoms with Gasteiger partial charge in [-0.15, -0.1) is 0 Å². The molecule has 1 saturated heterocycles. The van der Waals surface area contributed by atoms with Crippen molar-refractivity contribution in [3.8, 4) is 5.69 Å². The summed E-state index contributed by atoms with van der Waals surface area (Å²) in [5.74, 6) is -0.0634. The smallest absolute Gasteiger partial charge is 0.268 e. The summed E-state index contributed by atoms with van der Waals surface area (Å²) in [5, 5.41) is 3.00. The molecule has 0 saturated carbocycles. The second kappa shape index (κ2) is 7.39. The number of carbonyl (C=O) groups excluding carboxylic acids is 1. The van der Waals surface area contributed by atoms with E-state index in [4.69, 9.17) is 4.74 Å². The normalized spacial score (nSPS) is 15.5. The molecule has 2 aromatic heterocycles. The lowest BCUT2D eigenvalue weighted by Gasteiger charge is -2.26. The number of hydrogen-bond acceptors (Lipinski definition) is 4. The summed E-state index contributed by atoms with van der Waals surface area (Å²) in [4.78, 5) is 19.0. The number of nitrogens with zero attached hydrogens (tertiary/aromatic N) is 3. The average Bonchev–Trinajstić information content (AvgIpc) is 3.06. The Kier molecular flexibility index (Phi) is 5.05. The number of carbonyl (C=O) groups is 1.